The molecule has 0 saturated heterocycles. The number of aryl methyl sites for hydroxylation is 1. The molecule has 1 heterocycles. The Bertz CT molecular complexity index is 801. The number of primary amides is 1. The number of carbonyl (C=O) groups excluding carboxylic acids is 2. The van der Waals surface area contributed by atoms with Gasteiger partial charge in [0.2, 0.25) is 0 Å². The van der Waals surface area contributed by atoms with E-state index >= 15 is 0 Å². The van der Waals surface area contributed by atoms with Gasteiger partial charge in [-0.1, -0.05) is 6.92 Å². The van der Waals surface area contributed by atoms with Crippen molar-refractivity contribution in [1.29, 1.82) is 0 Å². The average Bonchev–Trinajstić information content (AvgIpc) is 2.89. The maximum atomic E-state index is 12.4. The fourth-order valence-electron chi connectivity index (χ4n) is 2.52. The monoisotopic (exact) mass is 363 g/mol. The number of anilines is 2. The number of benzene rings is 1. The Morgan fingerprint density at radius 3 is 2.48 bits per heavy atom. The van der Waals surface area contributed by atoms with Crippen molar-refractivity contribution in [2.24, 2.45) is 5.73 Å². The van der Waals surface area contributed by atoms with Crippen LogP contribution in [0.4, 0.5) is 15.5 Å². The van der Waals surface area contributed by atoms with Crippen LogP contribution in [0, 0.1) is 6.92 Å². The van der Waals surface area contributed by atoms with Crippen molar-refractivity contribution in [3.05, 3.63) is 34.2 Å². The zero-order valence-electron chi connectivity index (χ0n) is 14.6. The molecule has 3 amide bonds. The molecule has 0 aliphatic heterocycles. The SMILES string of the molecule is CCc1c(C)sc(NC(=O)Nc2cc(OC)ccc2OC)c1C(N)=O. The molecule has 2 aromatic rings. The maximum absolute atomic E-state index is 12.4. The van der Waals surface area contributed by atoms with E-state index < -0.39 is 11.9 Å². The van der Waals surface area contributed by atoms with Gasteiger partial charge in [-0.15, -0.1) is 11.3 Å². The van der Waals surface area contributed by atoms with E-state index in [1.807, 2.05) is 13.8 Å². The third kappa shape index (κ3) is 4.03. The summed E-state index contributed by atoms with van der Waals surface area (Å²) in [6, 6.07) is 4.56. The van der Waals surface area contributed by atoms with Crippen molar-refractivity contribution >= 4 is 34.0 Å². The molecule has 25 heavy (non-hydrogen) atoms. The highest BCUT2D eigenvalue weighted by molar-refractivity contribution is 7.16. The van der Waals surface area contributed by atoms with E-state index in [-0.39, 0.29) is 0 Å². The van der Waals surface area contributed by atoms with Gasteiger partial charge in [0.05, 0.1) is 25.5 Å². The molecule has 0 bridgehead atoms. The summed E-state index contributed by atoms with van der Waals surface area (Å²) in [4.78, 5) is 25.1. The first kappa shape index (κ1) is 18.6. The highest BCUT2D eigenvalue weighted by Gasteiger charge is 2.21. The molecule has 0 saturated carbocycles. The Balaban J connectivity index is 2.26. The highest BCUT2D eigenvalue weighted by atomic mass is 32.1. The predicted octanol–water partition coefficient (Wildman–Crippen LogP) is 3.38. The van der Waals surface area contributed by atoms with Gasteiger partial charge in [-0.2, -0.15) is 0 Å². The summed E-state index contributed by atoms with van der Waals surface area (Å²) in [5, 5.41) is 5.82. The normalized spacial score (nSPS) is 10.2. The van der Waals surface area contributed by atoms with Crippen molar-refractivity contribution < 1.29 is 19.1 Å². The number of methoxy groups -OCH3 is 2. The van der Waals surface area contributed by atoms with E-state index in [9.17, 15) is 9.59 Å². The topological polar surface area (TPSA) is 103 Å². The lowest BCUT2D eigenvalue weighted by atomic mass is 10.1. The lowest BCUT2D eigenvalue weighted by Gasteiger charge is -2.12. The van der Waals surface area contributed by atoms with E-state index in [2.05, 4.69) is 10.6 Å². The summed E-state index contributed by atoms with van der Waals surface area (Å²) < 4.78 is 10.4. The number of rotatable bonds is 6. The van der Waals surface area contributed by atoms with Crippen LogP contribution in [0.15, 0.2) is 18.2 Å². The van der Waals surface area contributed by atoms with Gasteiger partial charge < -0.3 is 20.5 Å². The molecule has 1 aromatic carbocycles. The first-order chi connectivity index (χ1) is 11.9. The third-order valence-corrected chi connectivity index (χ3v) is 4.75. The lowest BCUT2D eigenvalue weighted by Crippen LogP contribution is -2.22. The van der Waals surface area contributed by atoms with Crippen LogP contribution in [0.5, 0.6) is 11.5 Å². The van der Waals surface area contributed by atoms with E-state index in [1.165, 1.54) is 25.6 Å². The molecule has 0 unspecified atom stereocenters. The number of carbonyl (C=O) groups is 2. The van der Waals surface area contributed by atoms with Gasteiger partial charge in [0, 0.05) is 10.9 Å². The summed E-state index contributed by atoms with van der Waals surface area (Å²) in [6.45, 7) is 3.83. The van der Waals surface area contributed by atoms with Crippen molar-refractivity contribution in [3.8, 4) is 11.5 Å². The predicted molar refractivity (Wildman–Crippen MR) is 99.1 cm³/mol. The number of hydrogen-bond acceptors (Lipinski definition) is 5. The molecular formula is C17H21N3O4S. The summed E-state index contributed by atoms with van der Waals surface area (Å²) in [7, 11) is 3.04. The van der Waals surface area contributed by atoms with Crippen LogP contribution in [-0.2, 0) is 6.42 Å². The van der Waals surface area contributed by atoms with Crippen molar-refractivity contribution in [1.82, 2.24) is 0 Å². The Kier molecular flexibility index (Phi) is 5.87. The molecule has 7 nitrogen and oxygen atoms in total. The Morgan fingerprint density at radius 2 is 1.92 bits per heavy atom. The fraction of sp³-hybridized carbons (Fsp3) is 0.294. The van der Waals surface area contributed by atoms with E-state index in [1.54, 1.807) is 18.2 Å². The van der Waals surface area contributed by atoms with Gasteiger partial charge in [0.15, 0.2) is 0 Å². The molecule has 0 atom stereocenters. The van der Waals surface area contributed by atoms with Crippen LogP contribution in [0.3, 0.4) is 0 Å². The standard InChI is InChI=1S/C17H21N3O4S/c1-5-11-9(2)25-16(14(11)15(18)21)20-17(22)19-12-8-10(23-3)6-7-13(12)24-4/h6-8H,5H2,1-4H3,(H2,18,21)(H2,19,20,22). The van der Waals surface area contributed by atoms with Gasteiger partial charge >= 0.3 is 6.03 Å². The fourth-order valence-corrected chi connectivity index (χ4v) is 3.67. The van der Waals surface area contributed by atoms with Crippen LogP contribution in [-0.4, -0.2) is 26.2 Å². The molecule has 134 valence electrons. The zero-order chi connectivity index (χ0) is 18.6. The number of thiophene rings is 1. The van der Waals surface area contributed by atoms with Crippen LogP contribution < -0.4 is 25.8 Å². The zero-order valence-corrected chi connectivity index (χ0v) is 15.4. The molecule has 4 N–H and O–H groups in total. The van der Waals surface area contributed by atoms with Gasteiger partial charge in [-0.25, -0.2) is 4.79 Å². The van der Waals surface area contributed by atoms with Crippen LogP contribution in [0.2, 0.25) is 0 Å². The van der Waals surface area contributed by atoms with Gasteiger partial charge in [-0.3, -0.25) is 10.1 Å². The van der Waals surface area contributed by atoms with Crippen molar-refractivity contribution in [2.45, 2.75) is 20.3 Å². The highest BCUT2D eigenvalue weighted by Crippen LogP contribution is 2.34. The minimum Gasteiger partial charge on any atom is -0.497 e. The van der Waals surface area contributed by atoms with Gasteiger partial charge in [0.25, 0.3) is 5.91 Å². The molecule has 1 aromatic heterocycles. The van der Waals surface area contributed by atoms with E-state index in [4.69, 9.17) is 15.2 Å². The number of urea groups is 1. The first-order valence-corrected chi connectivity index (χ1v) is 8.45. The Hall–Kier alpha value is -2.74. The second-order valence-electron chi connectivity index (χ2n) is 5.20. The average molecular weight is 363 g/mol. The van der Waals surface area contributed by atoms with Crippen LogP contribution >= 0.6 is 11.3 Å². The quantitative estimate of drug-likeness (QED) is 0.732. The molecule has 0 spiro atoms. The largest absolute Gasteiger partial charge is 0.497 e. The molecule has 0 aliphatic rings. The molecule has 8 heteroatoms. The first-order valence-electron chi connectivity index (χ1n) is 7.63. The summed E-state index contributed by atoms with van der Waals surface area (Å²) >= 11 is 1.32. The minimum atomic E-state index is -0.560. The van der Waals surface area contributed by atoms with Gasteiger partial charge in [0.1, 0.15) is 16.5 Å². The minimum absolute atomic E-state index is 0.359. The number of ether oxygens (including phenoxy) is 2. The second kappa shape index (κ2) is 7.89. The molecular weight excluding hydrogens is 342 g/mol. The molecule has 2 rings (SSSR count). The number of hydrogen-bond donors (Lipinski definition) is 3. The number of nitrogens with two attached hydrogens (primary N) is 1. The third-order valence-electron chi connectivity index (χ3n) is 3.69. The Morgan fingerprint density at radius 1 is 1.20 bits per heavy atom. The summed E-state index contributed by atoms with van der Waals surface area (Å²) in [6.07, 6.45) is 0.660. The summed E-state index contributed by atoms with van der Waals surface area (Å²) in [5.41, 5.74) is 7.14. The van der Waals surface area contributed by atoms with Crippen LogP contribution in [0.25, 0.3) is 0 Å². The summed E-state index contributed by atoms with van der Waals surface area (Å²) in [5.74, 6) is 0.507. The Labute approximate surface area is 150 Å². The van der Waals surface area contributed by atoms with Gasteiger partial charge in [-0.05, 0) is 31.0 Å². The van der Waals surface area contributed by atoms with Crippen molar-refractivity contribution in [2.75, 3.05) is 24.9 Å². The number of amides is 3. The number of nitrogens with one attached hydrogen (secondary N) is 2. The second-order valence-corrected chi connectivity index (χ2v) is 6.43. The molecule has 0 fully saturated rings. The van der Waals surface area contributed by atoms with E-state index in [0.29, 0.717) is 34.2 Å². The van der Waals surface area contributed by atoms with E-state index in [0.717, 1.165) is 10.4 Å². The lowest BCUT2D eigenvalue weighted by molar-refractivity contribution is 0.100. The van der Waals surface area contributed by atoms with Crippen LogP contribution in [0.1, 0.15) is 27.7 Å². The molecule has 0 radical (unpaired) electrons. The van der Waals surface area contributed by atoms with Crippen molar-refractivity contribution in [3.63, 3.8) is 0 Å². The molecule has 0 aliphatic carbocycles. The maximum Gasteiger partial charge on any atom is 0.324 e. The smallest absolute Gasteiger partial charge is 0.324 e.